The van der Waals surface area contributed by atoms with Crippen LogP contribution in [0.25, 0.3) is 0 Å². The van der Waals surface area contributed by atoms with Gasteiger partial charge in [0.15, 0.2) is 5.82 Å². The Bertz CT molecular complexity index is 1010. The minimum atomic E-state index is -0.215. The lowest BCUT2D eigenvalue weighted by Crippen LogP contribution is -2.45. The number of aromatic nitrogens is 4. The average molecular weight is 499 g/mol. The zero-order valence-corrected chi connectivity index (χ0v) is 21.5. The van der Waals surface area contributed by atoms with E-state index in [1.54, 1.807) is 9.47 Å². The number of carbonyl (C=O) groups is 1. The number of nitrogens with zero attached hydrogens (tertiary/aromatic N) is 5. The summed E-state index contributed by atoms with van der Waals surface area (Å²) in [6.07, 6.45) is 5.54. The lowest BCUT2D eigenvalue weighted by atomic mass is 10.0. The number of rotatable bonds is 5. The molecular formula is C23H36Cl2N6O2. The highest BCUT2D eigenvalue weighted by Gasteiger charge is 2.33. The lowest BCUT2D eigenvalue weighted by molar-refractivity contribution is 0.0627. The summed E-state index contributed by atoms with van der Waals surface area (Å²) in [7, 11) is 0. The van der Waals surface area contributed by atoms with Crippen LogP contribution in [0.3, 0.4) is 0 Å². The molecule has 2 aromatic rings. The zero-order valence-electron chi connectivity index (χ0n) is 19.9. The minimum absolute atomic E-state index is 0. The highest BCUT2D eigenvalue weighted by molar-refractivity contribution is 5.95. The fourth-order valence-corrected chi connectivity index (χ4v) is 4.63. The predicted molar refractivity (Wildman–Crippen MR) is 134 cm³/mol. The van der Waals surface area contributed by atoms with Gasteiger partial charge in [-0.2, -0.15) is 5.10 Å². The smallest absolute Gasteiger partial charge is 0.263 e. The number of amides is 1. The van der Waals surface area contributed by atoms with Gasteiger partial charge in [-0.05, 0) is 63.7 Å². The normalized spacial score (nSPS) is 18.5. The Morgan fingerprint density at radius 1 is 1.21 bits per heavy atom. The van der Waals surface area contributed by atoms with E-state index in [2.05, 4.69) is 24.3 Å². The molecule has 0 aliphatic carbocycles. The van der Waals surface area contributed by atoms with Crippen molar-refractivity contribution < 1.29 is 4.79 Å². The molecule has 184 valence electrons. The van der Waals surface area contributed by atoms with Gasteiger partial charge >= 0.3 is 0 Å². The maximum Gasteiger partial charge on any atom is 0.263 e. The summed E-state index contributed by atoms with van der Waals surface area (Å²) in [5.74, 6) is 2.05. The van der Waals surface area contributed by atoms with Gasteiger partial charge in [0.2, 0.25) is 0 Å². The quantitative estimate of drug-likeness (QED) is 0.683. The Labute approximate surface area is 208 Å². The lowest BCUT2D eigenvalue weighted by Gasteiger charge is -2.33. The number of pyridine rings is 1. The van der Waals surface area contributed by atoms with Crippen LogP contribution in [0.5, 0.6) is 0 Å². The van der Waals surface area contributed by atoms with Crippen LogP contribution >= 0.6 is 24.8 Å². The summed E-state index contributed by atoms with van der Waals surface area (Å²) in [6.45, 7) is 11.1. The third-order valence-corrected chi connectivity index (χ3v) is 6.59. The predicted octanol–water partition coefficient (Wildman–Crippen LogP) is 3.32. The second-order valence-corrected chi connectivity index (χ2v) is 9.28. The summed E-state index contributed by atoms with van der Waals surface area (Å²) < 4.78 is 3.69. The van der Waals surface area contributed by atoms with E-state index in [1.165, 1.54) is 0 Å². The fraction of sp³-hybridized carbons (Fsp3) is 0.652. The molecule has 1 amide bonds. The Morgan fingerprint density at radius 2 is 1.91 bits per heavy atom. The van der Waals surface area contributed by atoms with Crippen LogP contribution in [0.4, 0.5) is 0 Å². The van der Waals surface area contributed by atoms with Crippen molar-refractivity contribution >= 4 is 30.7 Å². The van der Waals surface area contributed by atoms with E-state index in [-0.39, 0.29) is 48.4 Å². The van der Waals surface area contributed by atoms with Crippen LogP contribution in [0.2, 0.25) is 0 Å². The maximum atomic E-state index is 13.6. The minimum Gasteiger partial charge on any atom is -0.327 e. The van der Waals surface area contributed by atoms with Crippen LogP contribution in [0.1, 0.15) is 79.7 Å². The van der Waals surface area contributed by atoms with Gasteiger partial charge in [0.1, 0.15) is 11.4 Å². The SMILES string of the molecule is Cc1ccn(C2CCNCC2)c(=O)c1C(=O)N1CCn2nc(CCC(C)C)nc2[C@H]1C.Cl.Cl. The Kier molecular flexibility index (Phi) is 9.52. The first-order valence-corrected chi connectivity index (χ1v) is 11.5. The van der Waals surface area contributed by atoms with Crippen LogP contribution in [-0.4, -0.2) is 49.8 Å². The summed E-state index contributed by atoms with van der Waals surface area (Å²) in [4.78, 5) is 33.4. The van der Waals surface area contributed by atoms with Crippen molar-refractivity contribution in [3.63, 3.8) is 0 Å². The molecule has 0 bridgehead atoms. The molecule has 0 unspecified atom stereocenters. The van der Waals surface area contributed by atoms with Crippen molar-refractivity contribution in [1.29, 1.82) is 0 Å². The molecule has 4 rings (SSSR count). The number of carbonyl (C=O) groups excluding carboxylic acids is 1. The Balaban J connectivity index is 0.00000193. The van der Waals surface area contributed by atoms with Crippen molar-refractivity contribution in [2.45, 2.75) is 72.0 Å². The largest absolute Gasteiger partial charge is 0.327 e. The molecule has 10 heteroatoms. The molecule has 0 aromatic carbocycles. The molecule has 1 N–H and O–H groups in total. The summed E-state index contributed by atoms with van der Waals surface area (Å²) in [6, 6.07) is 1.83. The number of halogens is 2. The third kappa shape index (κ3) is 5.61. The van der Waals surface area contributed by atoms with Crippen LogP contribution < -0.4 is 10.9 Å². The van der Waals surface area contributed by atoms with E-state index in [0.717, 1.165) is 56.0 Å². The average Bonchev–Trinajstić information content (AvgIpc) is 3.17. The first-order valence-electron chi connectivity index (χ1n) is 11.5. The van der Waals surface area contributed by atoms with Crippen molar-refractivity contribution in [2.75, 3.05) is 19.6 Å². The van der Waals surface area contributed by atoms with E-state index < -0.39 is 0 Å². The van der Waals surface area contributed by atoms with E-state index in [1.807, 2.05) is 30.8 Å². The molecule has 8 nitrogen and oxygen atoms in total. The number of piperidine rings is 1. The molecule has 4 heterocycles. The monoisotopic (exact) mass is 498 g/mol. The highest BCUT2D eigenvalue weighted by Crippen LogP contribution is 2.26. The number of hydrogen-bond donors (Lipinski definition) is 1. The molecule has 1 atom stereocenters. The molecule has 0 spiro atoms. The molecule has 2 aromatic heterocycles. The topological polar surface area (TPSA) is 85.0 Å². The van der Waals surface area contributed by atoms with Gasteiger partial charge in [0.25, 0.3) is 11.5 Å². The molecule has 2 aliphatic heterocycles. The number of hydrogen-bond acceptors (Lipinski definition) is 5. The van der Waals surface area contributed by atoms with Gasteiger partial charge in [0, 0.05) is 25.2 Å². The molecule has 33 heavy (non-hydrogen) atoms. The zero-order chi connectivity index (χ0) is 22.1. The Hall–Kier alpha value is -1.90. The molecule has 1 fully saturated rings. The van der Waals surface area contributed by atoms with Crippen molar-refractivity contribution in [2.24, 2.45) is 5.92 Å². The molecule has 1 saturated heterocycles. The van der Waals surface area contributed by atoms with Gasteiger partial charge in [-0.25, -0.2) is 9.67 Å². The molecule has 0 saturated carbocycles. The second kappa shape index (κ2) is 11.5. The first kappa shape index (κ1) is 27.3. The fourth-order valence-electron chi connectivity index (χ4n) is 4.63. The van der Waals surface area contributed by atoms with Gasteiger partial charge in [-0.15, -0.1) is 24.8 Å². The van der Waals surface area contributed by atoms with Gasteiger partial charge in [-0.1, -0.05) is 13.8 Å². The number of aryl methyl sites for hydroxylation is 2. The van der Waals surface area contributed by atoms with E-state index in [4.69, 9.17) is 4.98 Å². The summed E-state index contributed by atoms with van der Waals surface area (Å²) in [5, 5.41) is 7.98. The number of nitrogens with one attached hydrogen (secondary N) is 1. The van der Waals surface area contributed by atoms with Crippen molar-refractivity contribution in [3.8, 4) is 0 Å². The van der Waals surface area contributed by atoms with Gasteiger partial charge in [-0.3, -0.25) is 9.59 Å². The molecule has 2 aliphatic rings. The highest BCUT2D eigenvalue weighted by atomic mass is 35.5. The molecular weight excluding hydrogens is 463 g/mol. The van der Waals surface area contributed by atoms with Crippen LogP contribution in [-0.2, 0) is 13.0 Å². The van der Waals surface area contributed by atoms with Gasteiger partial charge < -0.3 is 14.8 Å². The van der Waals surface area contributed by atoms with E-state index >= 15 is 0 Å². The number of fused-ring (bicyclic) bond motifs is 1. The third-order valence-electron chi connectivity index (χ3n) is 6.59. The van der Waals surface area contributed by atoms with E-state index in [9.17, 15) is 9.59 Å². The Morgan fingerprint density at radius 3 is 2.58 bits per heavy atom. The van der Waals surface area contributed by atoms with Crippen molar-refractivity contribution in [3.05, 3.63) is 45.4 Å². The van der Waals surface area contributed by atoms with E-state index in [0.29, 0.717) is 24.6 Å². The summed E-state index contributed by atoms with van der Waals surface area (Å²) in [5.41, 5.74) is 0.853. The van der Waals surface area contributed by atoms with Crippen molar-refractivity contribution in [1.82, 2.24) is 29.5 Å². The maximum absolute atomic E-state index is 13.6. The van der Waals surface area contributed by atoms with Gasteiger partial charge in [0.05, 0.1) is 12.6 Å². The van der Waals surface area contributed by atoms with Crippen LogP contribution in [0, 0.1) is 12.8 Å². The standard InChI is InChI=1S/C23H34N6O2.2ClH/c1-15(2)5-6-19-25-21-17(4)27(13-14-29(21)26-19)22(30)20-16(3)9-12-28(23(20)31)18-7-10-24-11-8-18;;/h9,12,15,17-18,24H,5-8,10-11,13-14H2,1-4H3;2*1H/t17-;;/m1../s1. The van der Waals surface area contributed by atoms with Crippen LogP contribution in [0.15, 0.2) is 17.1 Å². The first-order chi connectivity index (χ1) is 14.9. The summed E-state index contributed by atoms with van der Waals surface area (Å²) >= 11 is 0. The second-order valence-electron chi connectivity index (χ2n) is 9.28. The molecule has 0 radical (unpaired) electrons.